The molecule has 1 aliphatic carbocycles. The molecule has 1 aliphatic heterocycles. The van der Waals surface area contributed by atoms with Crippen molar-refractivity contribution in [3.8, 4) is 0 Å². The number of amides is 1. The Balaban J connectivity index is 1.30. The molecule has 2 fully saturated rings. The normalized spacial score (nSPS) is 25.8. The van der Waals surface area contributed by atoms with Gasteiger partial charge in [-0.2, -0.15) is 0 Å². The van der Waals surface area contributed by atoms with E-state index in [2.05, 4.69) is 22.1 Å². The lowest BCUT2D eigenvalue weighted by Gasteiger charge is -2.30. The van der Waals surface area contributed by atoms with E-state index in [-0.39, 0.29) is 23.6 Å². The summed E-state index contributed by atoms with van der Waals surface area (Å²) >= 11 is 1.49. The van der Waals surface area contributed by atoms with Crippen molar-refractivity contribution in [2.24, 2.45) is 11.8 Å². The summed E-state index contributed by atoms with van der Waals surface area (Å²) in [6, 6.07) is 6.46. The van der Waals surface area contributed by atoms with E-state index in [4.69, 9.17) is 0 Å². The van der Waals surface area contributed by atoms with E-state index < -0.39 is 0 Å². The van der Waals surface area contributed by atoms with Crippen molar-refractivity contribution in [3.63, 3.8) is 0 Å². The topological polar surface area (TPSA) is 45.2 Å². The maximum atomic E-state index is 13.0. The van der Waals surface area contributed by atoms with Crippen LogP contribution in [-0.2, 0) is 11.3 Å². The third kappa shape index (κ3) is 4.13. The average molecular weight is 373 g/mol. The Hall–Kier alpha value is -1.79. The van der Waals surface area contributed by atoms with Gasteiger partial charge in [-0.3, -0.25) is 9.69 Å². The number of hydrogen-bond donors (Lipinski definition) is 1. The van der Waals surface area contributed by atoms with Gasteiger partial charge in [0.2, 0.25) is 5.91 Å². The fourth-order valence-electron chi connectivity index (χ4n) is 3.86. The molecule has 6 heteroatoms. The first-order valence-corrected chi connectivity index (χ1v) is 10.2. The minimum absolute atomic E-state index is 0.0202. The van der Waals surface area contributed by atoms with Gasteiger partial charge in [0, 0.05) is 24.4 Å². The third-order valence-electron chi connectivity index (χ3n) is 5.33. The third-order valence-corrected chi connectivity index (χ3v) is 6.14. The van der Waals surface area contributed by atoms with E-state index in [1.807, 2.05) is 5.38 Å². The van der Waals surface area contributed by atoms with Crippen molar-refractivity contribution < 1.29 is 9.18 Å². The molecule has 1 aromatic heterocycles. The standard InChI is InChI=1S/C20H24FN3OS/c1-13-3-2-8-24(10-13)11-16-12-26-20(22-16)23-19(25)18-9-17(18)14-4-6-15(21)7-5-14/h4-7,12-13,17-18H,2-3,8-11H2,1H3,(H,22,23,25). The maximum absolute atomic E-state index is 13.0. The lowest BCUT2D eigenvalue weighted by atomic mass is 10.0. The highest BCUT2D eigenvalue weighted by Crippen LogP contribution is 2.48. The number of rotatable bonds is 5. The number of carbonyl (C=O) groups excluding carboxylic acids is 1. The number of piperidine rings is 1. The Morgan fingerprint density at radius 3 is 2.96 bits per heavy atom. The second-order valence-corrected chi connectivity index (χ2v) is 8.47. The first-order chi connectivity index (χ1) is 12.6. The van der Waals surface area contributed by atoms with Crippen molar-refractivity contribution in [1.82, 2.24) is 9.88 Å². The van der Waals surface area contributed by atoms with Crippen LogP contribution in [0.3, 0.4) is 0 Å². The van der Waals surface area contributed by atoms with Crippen molar-refractivity contribution in [2.75, 3.05) is 18.4 Å². The number of nitrogens with zero attached hydrogens (tertiary/aromatic N) is 2. The van der Waals surface area contributed by atoms with Gasteiger partial charge in [-0.05, 0) is 55.3 Å². The molecule has 1 amide bonds. The van der Waals surface area contributed by atoms with Crippen molar-refractivity contribution >= 4 is 22.4 Å². The molecule has 0 radical (unpaired) electrons. The van der Waals surface area contributed by atoms with Crippen LogP contribution in [0.1, 0.15) is 43.4 Å². The lowest BCUT2D eigenvalue weighted by molar-refractivity contribution is -0.117. The Labute approximate surface area is 157 Å². The Morgan fingerprint density at radius 2 is 2.19 bits per heavy atom. The molecule has 2 heterocycles. The zero-order chi connectivity index (χ0) is 18.1. The summed E-state index contributed by atoms with van der Waals surface area (Å²) in [4.78, 5) is 19.5. The van der Waals surface area contributed by atoms with Crippen LogP contribution in [0, 0.1) is 17.7 Å². The number of halogens is 1. The second kappa shape index (κ2) is 7.45. The molecule has 0 spiro atoms. The van der Waals surface area contributed by atoms with Gasteiger partial charge >= 0.3 is 0 Å². The fraction of sp³-hybridized carbons (Fsp3) is 0.500. The van der Waals surface area contributed by atoms with E-state index in [9.17, 15) is 9.18 Å². The van der Waals surface area contributed by atoms with Gasteiger partial charge in [-0.1, -0.05) is 19.1 Å². The van der Waals surface area contributed by atoms with Crippen molar-refractivity contribution in [1.29, 1.82) is 0 Å². The number of thiazole rings is 1. The molecule has 4 nitrogen and oxygen atoms in total. The molecule has 26 heavy (non-hydrogen) atoms. The lowest BCUT2D eigenvalue weighted by Crippen LogP contribution is -2.33. The van der Waals surface area contributed by atoms with Crippen LogP contribution in [0.15, 0.2) is 29.6 Å². The average Bonchev–Trinajstić information content (AvgIpc) is 3.30. The minimum Gasteiger partial charge on any atom is -0.302 e. The van der Waals surface area contributed by atoms with Gasteiger partial charge in [0.25, 0.3) is 0 Å². The molecule has 1 saturated carbocycles. The summed E-state index contributed by atoms with van der Waals surface area (Å²) in [6.07, 6.45) is 3.38. The zero-order valence-electron chi connectivity index (χ0n) is 15.0. The van der Waals surface area contributed by atoms with E-state index in [1.165, 1.54) is 36.3 Å². The molecule has 2 aromatic rings. The van der Waals surface area contributed by atoms with Crippen molar-refractivity contribution in [2.45, 2.75) is 38.6 Å². The summed E-state index contributed by atoms with van der Waals surface area (Å²) in [7, 11) is 0. The SMILES string of the molecule is CC1CCCN(Cc2csc(NC(=O)C3CC3c3ccc(F)cc3)n2)C1. The highest BCUT2D eigenvalue weighted by molar-refractivity contribution is 7.13. The summed E-state index contributed by atoms with van der Waals surface area (Å²) < 4.78 is 13.0. The van der Waals surface area contributed by atoms with Gasteiger partial charge in [0.15, 0.2) is 5.13 Å². The Kier molecular flexibility index (Phi) is 5.05. The molecule has 4 rings (SSSR count). The first-order valence-electron chi connectivity index (χ1n) is 9.31. The predicted molar refractivity (Wildman–Crippen MR) is 102 cm³/mol. The number of likely N-dealkylation sites (tertiary alicyclic amines) is 1. The monoisotopic (exact) mass is 373 g/mol. The molecule has 1 aromatic carbocycles. The second-order valence-electron chi connectivity index (χ2n) is 7.62. The minimum atomic E-state index is -0.242. The van der Waals surface area contributed by atoms with Crippen LogP contribution >= 0.6 is 11.3 Å². The van der Waals surface area contributed by atoms with Gasteiger partial charge in [-0.25, -0.2) is 9.37 Å². The smallest absolute Gasteiger partial charge is 0.229 e. The largest absolute Gasteiger partial charge is 0.302 e. The van der Waals surface area contributed by atoms with Gasteiger partial charge in [-0.15, -0.1) is 11.3 Å². The maximum Gasteiger partial charge on any atom is 0.229 e. The highest BCUT2D eigenvalue weighted by Gasteiger charge is 2.44. The zero-order valence-corrected chi connectivity index (χ0v) is 15.8. The van der Waals surface area contributed by atoms with Crippen LogP contribution in [-0.4, -0.2) is 28.9 Å². The van der Waals surface area contributed by atoms with Crippen LogP contribution in [0.2, 0.25) is 0 Å². The summed E-state index contributed by atoms with van der Waals surface area (Å²) in [5.74, 6) is 0.695. The molecule has 2 aliphatic rings. The number of carbonyl (C=O) groups is 1. The van der Waals surface area contributed by atoms with Gasteiger partial charge < -0.3 is 5.32 Å². The van der Waals surface area contributed by atoms with Crippen LogP contribution in [0.4, 0.5) is 9.52 Å². The number of aromatic nitrogens is 1. The molecule has 3 atom stereocenters. The van der Waals surface area contributed by atoms with Crippen LogP contribution < -0.4 is 5.32 Å². The quantitative estimate of drug-likeness (QED) is 0.852. The fourth-order valence-corrected chi connectivity index (χ4v) is 4.56. The molecule has 1 saturated heterocycles. The number of hydrogen-bond acceptors (Lipinski definition) is 4. The van der Waals surface area contributed by atoms with E-state index >= 15 is 0 Å². The molecule has 138 valence electrons. The van der Waals surface area contributed by atoms with Gasteiger partial charge in [0.05, 0.1) is 5.69 Å². The Morgan fingerprint density at radius 1 is 1.38 bits per heavy atom. The predicted octanol–water partition coefficient (Wildman–Crippen LogP) is 4.26. The summed E-state index contributed by atoms with van der Waals surface area (Å²) in [5.41, 5.74) is 2.07. The molecule has 0 bridgehead atoms. The summed E-state index contributed by atoms with van der Waals surface area (Å²) in [5, 5.41) is 5.68. The van der Waals surface area contributed by atoms with Gasteiger partial charge in [0.1, 0.15) is 5.82 Å². The number of benzene rings is 1. The molecular weight excluding hydrogens is 349 g/mol. The molecular formula is C20H24FN3OS. The summed E-state index contributed by atoms with van der Waals surface area (Å²) in [6.45, 7) is 5.41. The number of nitrogens with one attached hydrogen (secondary N) is 1. The Bertz CT molecular complexity index is 776. The molecule has 1 N–H and O–H groups in total. The first kappa shape index (κ1) is 17.6. The number of anilines is 1. The van der Waals surface area contributed by atoms with Crippen molar-refractivity contribution in [3.05, 3.63) is 46.7 Å². The van der Waals surface area contributed by atoms with E-state index in [0.29, 0.717) is 5.13 Å². The van der Waals surface area contributed by atoms with Crippen LogP contribution in [0.5, 0.6) is 0 Å². The van der Waals surface area contributed by atoms with E-state index in [0.717, 1.165) is 43.2 Å². The van der Waals surface area contributed by atoms with E-state index in [1.54, 1.807) is 12.1 Å². The highest BCUT2D eigenvalue weighted by atomic mass is 32.1. The molecule has 3 unspecified atom stereocenters. The van der Waals surface area contributed by atoms with Crippen LogP contribution in [0.25, 0.3) is 0 Å².